The predicted molar refractivity (Wildman–Crippen MR) is 76.9 cm³/mol. The van der Waals surface area contributed by atoms with E-state index in [-0.39, 0.29) is 5.97 Å². The third-order valence-corrected chi connectivity index (χ3v) is 2.98. The summed E-state index contributed by atoms with van der Waals surface area (Å²) < 4.78 is 10.3. The van der Waals surface area contributed by atoms with Gasteiger partial charge in [-0.05, 0) is 37.6 Å². The van der Waals surface area contributed by atoms with Crippen LogP contribution in [0.1, 0.15) is 22.8 Å². The largest absolute Gasteiger partial charge is 0.497 e. The van der Waals surface area contributed by atoms with Crippen molar-refractivity contribution in [3.05, 3.63) is 47.7 Å². The highest BCUT2D eigenvalue weighted by atomic mass is 16.5. The number of aryl methyl sites for hydroxylation is 1. The summed E-state index contributed by atoms with van der Waals surface area (Å²) in [6.07, 6.45) is 1.69. The maximum Gasteiger partial charge on any atom is 0.340 e. The van der Waals surface area contributed by atoms with E-state index in [4.69, 9.17) is 9.47 Å². The van der Waals surface area contributed by atoms with Crippen LogP contribution in [0.5, 0.6) is 5.75 Å². The van der Waals surface area contributed by atoms with Gasteiger partial charge in [0, 0.05) is 11.8 Å². The molecule has 0 aliphatic heterocycles. The molecule has 0 saturated carbocycles. The Bertz CT molecular complexity index is 623. The number of benzene rings is 1. The van der Waals surface area contributed by atoms with Gasteiger partial charge in [0.05, 0.1) is 25.0 Å². The fourth-order valence-corrected chi connectivity index (χ4v) is 2.01. The van der Waals surface area contributed by atoms with Crippen LogP contribution in [0.2, 0.25) is 0 Å². The molecule has 4 nitrogen and oxygen atoms in total. The van der Waals surface area contributed by atoms with Crippen LogP contribution in [-0.2, 0) is 4.74 Å². The minimum absolute atomic E-state index is 0.338. The zero-order valence-electron chi connectivity index (χ0n) is 11.8. The van der Waals surface area contributed by atoms with Crippen LogP contribution in [0, 0.1) is 6.92 Å². The van der Waals surface area contributed by atoms with Crippen molar-refractivity contribution in [3.8, 4) is 17.0 Å². The third kappa shape index (κ3) is 2.79. The second-order valence-corrected chi connectivity index (χ2v) is 4.30. The summed E-state index contributed by atoms with van der Waals surface area (Å²) in [5.74, 6) is 0.372. The van der Waals surface area contributed by atoms with Gasteiger partial charge in [0.1, 0.15) is 5.75 Å². The molecule has 0 atom stereocenters. The van der Waals surface area contributed by atoms with Gasteiger partial charge in [-0.3, -0.25) is 4.98 Å². The first-order valence-electron chi connectivity index (χ1n) is 6.44. The standard InChI is InChI=1S/C16H17NO3/c1-4-20-16(18)14-11(2)8-9-17-15(14)12-6-5-7-13(10-12)19-3/h5-10H,4H2,1-3H3. The second-order valence-electron chi connectivity index (χ2n) is 4.30. The van der Waals surface area contributed by atoms with Gasteiger partial charge in [-0.2, -0.15) is 0 Å². The van der Waals surface area contributed by atoms with Crippen LogP contribution in [0.15, 0.2) is 36.5 Å². The number of ether oxygens (including phenoxy) is 2. The molecule has 2 aromatic rings. The van der Waals surface area contributed by atoms with E-state index in [9.17, 15) is 4.79 Å². The molecule has 0 aliphatic rings. The van der Waals surface area contributed by atoms with Gasteiger partial charge in [0.15, 0.2) is 0 Å². The molecule has 4 heteroatoms. The van der Waals surface area contributed by atoms with E-state index in [1.54, 1.807) is 26.3 Å². The Balaban J connectivity index is 2.55. The highest BCUT2D eigenvalue weighted by Crippen LogP contribution is 2.27. The van der Waals surface area contributed by atoms with Crippen molar-refractivity contribution in [1.82, 2.24) is 4.98 Å². The average molecular weight is 271 g/mol. The Morgan fingerprint density at radius 1 is 1.30 bits per heavy atom. The molecule has 0 amide bonds. The first kappa shape index (κ1) is 14.1. The summed E-state index contributed by atoms with van der Waals surface area (Å²) in [5, 5.41) is 0. The zero-order chi connectivity index (χ0) is 14.5. The van der Waals surface area contributed by atoms with Crippen LogP contribution in [0.3, 0.4) is 0 Å². The van der Waals surface area contributed by atoms with Gasteiger partial charge in [-0.15, -0.1) is 0 Å². The lowest BCUT2D eigenvalue weighted by atomic mass is 10.0. The number of nitrogens with zero attached hydrogens (tertiary/aromatic N) is 1. The van der Waals surface area contributed by atoms with E-state index in [1.165, 1.54) is 0 Å². The quantitative estimate of drug-likeness (QED) is 0.801. The Hall–Kier alpha value is -2.36. The van der Waals surface area contributed by atoms with Crippen LogP contribution < -0.4 is 4.74 Å². The number of aromatic nitrogens is 1. The van der Waals surface area contributed by atoms with Crippen molar-refractivity contribution < 1.29 is 14.3 Å². The first-order valence-corrected chi connectivity index (χ1v) is 6.44. The molecule has 0 bridgehead atoms. The van der Waals surface area contributed by atoms with Crippen molar-refractivity contribution in [2.75, 3.05) is 13.7 Å². The lowest BCUT2D eigenvalue weighted by molar-refractivity contribution is 0.0526. The van der Waals surface area contributed by atoms with E-state index < -0.39 is 0 Å². The maximum absolute atomic E-state index is 12.1. The molecule has 0 radical (unpaired) electrons. The van der Waals surface area contributed by atoms with Crippen LogP contribution in [0.25, 0.3) is 11.3 Å². The Morgan fingerprint density at radius 2 is 2.10 bits per heavy atom. The number of pyridine rings is 1. The molecule has 0 unspecified atom stereocenters. The van der Waals surface area contributed by atoms with Crippen molar-refractivity contribution in [1.29, 1.82) is 0 Å². The number of carbonyl (C=O) groups excluding carboxylic acids is 1. The van der Waals surface area contributed by atoms with Crippen LogP contribution in [0.4, 0.5) is 0 Å². The zero-order valence-corrected chi connectivity index (χ0v) is 11.8. The third-order valence-electron chi connectivity index (χ3n) is 2.98. The fourth-order valence-electron chi connectivity index (χ4n) is 2.01. The van der Waals surface area contributed by atoms with Gasteiger partial charge < -0.3 is 9.47 Å². The summed E-state index contributed by atoms with van der Waals surface area (Å²) >= 11 is 0. The molecule has 104 valence electrons. The van der Waals surface area contributed by atoms with Crippen LogP contribution >= 0.6 is 0 Å². The van der Waals surface area contributed by atoms with E-state index in [0.717, 1.165) is 16.9 Å². The molecule has 1 aromatic carbocycles. The molecular weight excluding hydrogens is 254 g/mol. The van der Waals surface area contributed by atoms with Crippen molar-refractivity contribution in [2.45, 2.75) is 13.8 Å². The lowest BCUT2D eigenvalue weighted by Gasteiger charge is -2.11. The second kappa shape index (κ2) is 6.19. The summed E-state index contributed by atoms with van der Waals surface area (Å²) in [7, 11) is 1.61. The van der Waals surface area contributed by atoms with Crippen molar-refractivity contribution in [3.63, 3.8) is 0 Å². The molecule has 1 aromatic heterocycles. The lowest BCUT2D eigenvalue weighted by Crippen LogP contribution is -2.09. The van der Waals surface area contributed by atoms with Crippen LogP contribution in [-0.4, -0.2) is 24.7 Å². The Kier molecular flexibility index (Phi) is 4.35. The molecule has 0 spiro atoms. The highest BCUT2D eigenvalue weighted by molar-refractivity contribution is 5.97. The number of hydrogen-bond donors (Lipinski definition) is 0. The summed E-state index contributed by atoms with van der Waals surface area (Å²) in [6, 6.07) is 9.27. The average Bonchev–Trinajstić information content (AvgIpc) is 2.47. The molecular formula is C16H17NO3. The van der Waals surface area contributed by atoms with Crippen molar-refractivity contribution in [2.24, 2.45) is 0 Å². The van der Waals surface area contributed by atoms with E-state index in [2.05, 4.69) is 4.98 Å². The molecule has 0 fully saturated rings. The Labute approximate surface area is 118 Å². The maximum atomic E-state index is 12.1. The SMILES string of the molecule is CCOC(=O)c1c(C)ccnc1-c1cccc(OC)c1. The number of carbonyl (C=O) groups is 1. The molecule has 0 N–H and O–H groups in total. The normalized spacial score (nSPS) is 10.2. The minimum Gasteiger partial charge on any atom is -0.497 e. The predicted octanol–water partition coefficient (Wildman–Crippen LogP) is 3.24. The van der Waals surface area contributed by atoms with Gasteiger partial charge in [0.25, 0.3) is 0 Å². The van der Waals surface area contributed by atoms with E-state index in [1.807, 2.05) is 31.2 Å². The fraction of sp³-hybridized carbons (Fsp3) is 0.250. The topological polar surface area (TPSA) is 48.4 Å². The van der Waals surface area contributed by atoms with Gasteiger partial charge >= 0.3 is 5.97 Å². The monoisotopic (exact) mass is 271 g/mol. The molecule has 20 heavy (non-hydrogen) atoms. The van der Waals surface area contributed by atoms with Gasteiger partial charge in [-0.25, -0.2) is 4.79 Å². The molecule has 0 saturated heterocycles. The number of methoxy groups -OCH3 is 1. The number of rotatable bonds is 4. The highest BCUT2D eigenvalue weighted by Gasteiger charge is 2.18. The smallest absolute Gasteiger partial charge is 0.340 e. The summed E-state index contributed by atoms with van der Waals surface area (Å²) in [5.41, 5.74) is 2.79. The minimum atomic E-state index is -0.351. The Morgan fingerprint density at radius 3 is 2.80 bits per heavy atom. The van der Waals surface area contributed by atoms with Gasteiger partial charge in [0.2, 0.25) is 0 Å². The van der Waals surface area contributed by atoms with Crippen molar-refractivity contribution >= 4 is 5.97 Å². The molecule has 2 rings (SSSR count). The van der Waals surface area contributed by atoms with Gasteiger partial charge in [-0.1, -0.05) is 12.1 Å². The van der Waals surface area contributed by atoms with E-state index in [0.29, 0.717) is 17.9 Å². The summed E-state index contributed by atoms with van der Waals surface area (Å²) in [4.78, 5) is 16.5. The number of esters is 1. The molecule has 0 aliphatic carbocycles. The molecule has 1 heterocycles. The number of hydrogen-bond acceptors (Lipinski definition) is 4. The van der Waals surface area contributed by atoms with E-state index >= 15 is 0 Å². The summed E-state index contributed by atoms with van der Waals surface area (Å²) in [6.45, 7) is 4.00. The first-order chi connectivity index (χ1) is 9.67.